The maximum Gasteiger partial charge on any atom is 0.234 e. The van der Waals surface area contributed by atoms with Crippen LogP contribution in [0.4, 0.5) is 5.69 Å². The molecule has 0 bridgehead atoms. The number of hydrogen-bond donors (Lipinski definition) is 1. The molecule has 3 aromatic rings. The smallest absolute Gasteiger partial charge is 0.234 e. The number of aromatic nitrogens is 4. The highest BCUT2D eigenvalue weighted by Crippen LogP contribution is 2.32. The Morgan fingerprint density at radius 2 is 1.70 bits per heavy atom. The molecule has 3 rings (SSSR count). The molecule has 0 radical (unpaired) electrons. The molecule has 30 heavy (non-hydrogen) atoms. The average Bonchev–Trinajstić information content (AvgIpc) is 3.20. The summed E-state index contributed by atoms with van der Waals surface area (Å²) in [6.45, 7) is 8.53. The molecule has 0 saturated carbocycles. The number of carbonyl (C=O) groups is 1. The van der Waals surface area contributed by atoms with Gasteiger partial charge in [0.1, 0.15) is 5.75 Å². The highest BCUT2D eigenvalue weighted by molar-refractivity contribution is 7.99. The van der Waals surface area contributed by atoms with Gasteiger partial charge in [0, 0.05) is 5.69 Å². The Morgan fingerprint density at radius 3 is 2.27 bits per heavy atom. The zero-order valence-electron chi connectivity index (χ0n) is 17.9. The largest absolute Gasteiger partial charge is 0.497 e. The summed E-state index contributed by atoms with van der Waals surface area (Å²) in [5.41, 5.74) is 4.00. The van der Waals surface area contributed by atoms with Crippen molar-refractivity contribution in [2.24, 2.45) is 0 Å². The Bertz CT molecular complexity index is 973. The Morgan fingerprint density at radius 1 is 1.07 bits per heavy atom. The molecular formula is C22H27N5O2S. The predicted octanol–water partition coefficient (Wildman–Crippen LogP) is 4.65. The summed E-state index contributed by atoms with van der Waals surface area (Å²) >= 11 is 1.30. The topological polar surface area (TPSA) is 81.9 Å². The van der Waals surface area contributed by atoms with Crippen LogP contribution in [0.3, 0.4) is 0 Å². The van der Waals surface area contributed by atoms with Crippen molar-refractivity contribution in [2.75, 3.05) is 18.2 Å². The van der Waals surface area contributed by atoms with Crippen molar-refractivity contribution in [3.8, 4) is 11.4 Å². The highest BCUT2D eigenvalue weighted by Gasteiger charge is 2.17. The van der Waals surface area contributed by atoms with Crippen LogP contribution < -0.4 is 10.1 Å². The zero-order valence-corrected chi connectivity index (χ0v) is 18.7. The van der Waals surface area contributed by atoms with Crippen molar-refractivity contribution in [3.63, 3.8) is 0 Å². The molecule has 1 aromatic heterocycles. The molecule has 0 spiro atoms. The van der Waals surface area contributed by atoms with Gasteiger partial charge in [0.25, 0.3) is 0 Å². The summed E-state index contributed by atoms with van der Waals surface area (Å²) in [4.78, 5) is 12.8. The predicted molar refractivity (Wildman–Crippen MR) is 120 cm³/mol. The molecule has 158 valence electrons. The van der Waals surface area contributed by atoms with Gasteiger partial charge in [-0.1, -0.05) is 57.7 Å². The molecule has 2 aromatic carbocycles. The summed E-state index contributed by atoms with van der Waals surface area (Å²) < 4.78 is 6.80. The lowest BCUT2D eigenvalue weighted by Gasteiger charge is -2.20. The first-order chi connectivity index (χ1) is 14.4. The van der Waals surface area contributed by atoms with Crippen LogP contribution in [0.25, 0.3) is 5.69 Å². The number of para-hydroxylation sites is 1. The first-order valence-electron chi connectivity index (χ1n) is 9.89. The van der Waals surface area contributed by atoms with Gasteiger partial charge < -0.3 is 10.1 Å². The second-order valence-corrected chi connectivity index (χ2v) is 8.47. The molecule has 0 aliphatic heterocycles. The van der Waals surface area contributed by atoms with E-state index in [0.717, 1.165) is 28.3 Å². The molecule has 1 amide bonds. The van der Waals surface area contributed by atoms with Crippen molar-refractivity contribution in [3.05, 3.63) is 53.6 Å². The van der Waals surface area contributed by atoms with Crippen LogP contribution in [0, 0.1) is 0 Å². The second-order valence-electron chi connectivity index (χ2n) is 7.53. The van der Waals surface area contributed by atoms with E-state index in [2.05, 4.69) is 66.7 Å². The number of rotatable bonds is 8. The lowest BCUT2D eigenvalue weighted by Crippen LogP contribution is -2.18. The molecule has 7 nitrogen and oxygen atoms in total. The summed E-state index contributed by atoms with van der Waals surface area (Å²) in [6.07, 6.45) is 0. The monoisotopic (exact) mass is 425 g/mol. The first-order valence-corrected chi connectivity index (χ1v) is 10.9. The second kappa shape index (κ2) is 9.75. The number of thioether (sulfide) groups is 1. The molecule has 8 heteroatoms. The van der Waals surface area contributed by atoms with Gasteiger partial charge in [-0.3, -0.25) is 4.79 Å². The molecule has 1 heterocycles. The number of amides is 1. The van der Waals surface area contributed by atoms with Crippen LogP contribution in [-0.2, 0) is 4.79 Å². The SMILES string of the molecule is COc1ccc(-n2nnnc2SCC(=O)Nc2c(C(C)C)cccc2C(C)C)cc1. The van der Waals surface area contributed by atoms with E-state index in [1.807, 2.05) is 24.3 Å². The Kier molecular flexibility index (Phi) is 7.10. The number of ether oxygens (including phenoxy) is 1. The minimum atomic E-state index is -0.0840. The van der Waals surface area contributed by atoms with Crippen molar-refractivity contribution in [1.29, 1.82) is 0 Å². The fraction of sp³-hybridized carbons (Fsp3) is 0.364. The van der Waals surface area contributed by atoms with Crippen LogP contribution in [0.1, 0.15) is 50.7 Å². The van der Waals surface area contributed by atoms with E-state index < -0.39 is 0 Å². The summed E-state index contributed by atoms with van der Waals surface area (Å²) in [7, 11) is 1.62. The van der Waals surface area contributed by atoms with Crippen molar-refractivity contribution in [2.45, 2.75) is 44.7 Å². The average molecular weight is 426 g/mol. The molecule has 0 aliphatic rings. The van der Waals surface area contributed by atoms with E-state index in [9.17, 15) is 4.79 Å². The van der Waals surface area contributed by atoms with Crippen LogP contribution in [-0.4, -0.2) is 39.0 Å². The van der Waals surface area contributed by atoms with Crippen molar-refractivity contribution < 1.29 is 9.53 Å². The number of nitrogens with zero attached hydrogens (tertiary/aromatic N) is 4. The quantitative estimate of drug-likeness (QED) is 0.529. The molecule has 1 N–H and O–H groups in total. The van der Waals surface area contributed by atoms with Crippen LogP contribution in [0.5, 0.6) is 5.75 Å². The number of anilines is 1. The Labute approximate surface area is 181 Å². The highest BCUT2D eigenvalue weighted by atomic mass is 32.2. The number of hydrogen-bond acceptors (Lipinski definition) is 6. The Balaban J connectivity index is 1.73. The number of nitrogens with one attached hydrogen (secondary N) is 1. The Hall–Kier alpha value is -2.87. The molecule has 0 unspecified atom stereocenters. The number of benzene rings is 2. The third kappa shape index (κ3) is 4.99. The molecule has 0 atom stereocenters. The third-order valence-corrected chi connectivity index (χ3v) is 5.65. The number of tetrazole rings is 1. The van der Waals surface area contributed by atoms with Gasteiger partial charge in [-0.2, -0.15) is 4.68 Å². The standard InChI is InChI=1S/C22H27N5O2S/c1-14(2)18-7-6-8-19(15(3)4)21(18)23-20(28)13-30-22-24-25-26-27(22)16-9-11-17(29-5)12-10-16/h6-12,14-15H,13H2,1-5H3,(H,23,28). The fourth-order valence-corrected chi connectivity index (χ4v) is 3.85. The van der Waals surface area contributed by atoms with Gasteiger partial charge in [-0.05, 0) is 57.7 Å². The maximum atomic E-state index is 12.8. The van der Waals surface area contributed by atoms with E-state index in [1.54, 1.807) is 11.8 Å². The van der Waals surface area contributed by atoms with Crippen LogP contribution in [0.2, 0.25) is 0 Å². The van der Waals surface area contributed by atoms with Crippen LogP contribution >= 0.6 is 11.8 Å². The van der Waals surface area contributed by atoms with Gasteiger partial charge in [-0.15, -0.1) is 5.10 Å². The summed E-state index contributed by atoms with van der Waals surface area (Å²) in [5.74, 6) is 1.51. The van der Waals surface area contributed by atoms with Crippen molar-refractivity contribution >= 4 is 23.4 Å². The normalized spacial score (nSPS) is 11.2. The van der Waals surface area contributed by atoms with E-state index in [4.69, 9.17) is 4.74 Å². The lowest BCUT2D eigenvalue weighted by atomic mass is 9.92. The molecular weight excluding hydrogens is 398 g/mol. The first kappa shape index (κ1) is 21.8. The minimum Gasteiger partial charge on any atom is -0.497 e. The van der Waals surface area contributed by atoms with Gasteiger partial charge in [0.05, 0.1) is 18.6 Å². The van der Waals surface area contributed by atoms with E-state index in [-0.39, 0.29) is 11.7 Å². The van der Waals surface area contributed by atoms with Crippen LogP contribution in [0.15, 0.2) is 47.6 Å². The number of methoxy groups -OCH3 is 1. The lowest BCUT2D eigenvalue weighted by molar-refractivity contribution is -0.113. The van der Waals surface area contributed by atoms with Gasteiger partial charge in [0.15, 0.2) is 0 Å². The molecule has 0 aliphatic carbocycles. The van der Waals surface area contributed by atoms with E-state index in [0.29, 0.717) is 17.0 Å². The molecule has 0 saturated heterocycles. The third-order valence-electron chi connectivity index (χ3n) is 4.73. The van der Waals surface area contributed by atoms with E-state index >= 15 is 0 Å². The molecule has 0 fully saturated rings. The maximum absolute atomic E-state index is 12.8. The van der Waals surface area contributed by atoms with Gasteiger partial charge >= 0.3 is 0 Å². The van der Waals surface area contributed by atoms with Gasteiger partial charge in [0.2, 0.25) is 11.1 Å². The minimum absolute atomic E-state index is 0.0840. The fourth-order valence-electron chi connectivity index (χ4n) is 3.16. The van der Waals surface area contributed by atoms with Crippen molar-refractivity contribution in [1.82, 2.24) is 20.2 Å². The number of carbonyl (C=O) groups excluding carboxylic acids is 1. The zero-order chi connectivity index (χ0) is 21.7. The summed E-state index contributed by atoms with van der Waals surface area (Å²) in [6, 6.07) is 13.6. The van der Waals surface area contributed by atoms with Gasteiger partial charge in [-0.25, -0.2) is 0 Å². The summed E-state index contributed by atoms with van der Waals surface area (Å²) in [5, 5.41) is 15.5. The van der Waals surface area contributed by atoms with E-state index in [1.165, 1.54) is 11.8 Å².